The van der Waals surface area contributed by atoms with Gasteiger partial charge in [0.2, 0.25) is 0 Å². The largest absolute Gasteiger partial charge is 0.483 e. The van der Waals surface area contributed by atoms with Gasteiger partial charge in [-0.05, 0) is 37.5 Å². The van der Waals surface area contributed by atoms with Crippen LogP contribution in [0.3, 0.4) is 0 Å². The van der Waals surface area contributed by atoms with Crippen LogP contribution >= 0.6 is 0 Å². The van der Waals surface area contributed by atoms with Crippen molar-refractivity contribution in [3.8, 4) is 5.75 Å². The Balaban J connectivity index is 1.59. The summed E-state index contributed by atoms with van der Waals surface area (Å²) >= 11 is 0. The van der Waals surface area contributed by atoms with Gasteiger partial charge in [0.25, 0.3) is 5.91 Å². The molecule has 5 nitrogen and oxygen atoms in total. The highest BCUT2D eigenvalue weighted by molar-refractivity contribution is 5.78. The Bertz CT molecular complexity index is 697. The van der Waals surface area contributed by atoms with E-state index in [2.05, 4.69) is 10.3 Å². The van der Waals surface area contributed by atoms with Gasteiger partial charge >= 0.3 is 0 Å². The van der Waals surface area contributed by atoms with Crippen LogP contribution in [-0.2, 0) is 11.3 Å². The van der Waals surface area contributed by atoms with Gasteiger partial charge in [-0.2, -0.15) is 0 Å². The second kappa shape index (κ2) is 7.81. The van der Waals surface area contributed by atoms with Gasteiger partial charge in [-0.25, -0.2) is 0 Å². The fourth-order valence-corrected chi connectivity index (χ4v) is 2.84. The zero-order valence-corrected chi connectivity index (χ0v) is 14.0. The number of aryl methyl sites for hydroxylation is 1. The highest BCUT2D eigenvalue weighted by Crippen LogP contribution is 2.20. The molecule has 0 unspecified atom stereocenters. The van der Waals surface area contributed by atoms with Crippen molar-refractivity contribution in [3.63, 3.8) is 0 Å². The molecule has 1 aromatic heterocycles. The van der Waals surface area contributed by atoms with E-state index in [9.17, 15) is 4.79 Å². The van der Waals surface area contributed by atoms with E-state index in [-0.39, 0.29) is 12.5 Å². The molecule has 0 saturated carbocycles. The number of aromatic nitrogens is 1. The van der Waals surface area contributed by atoms with E-state index in [0.29, 0.717) is 6.54 Å². The number of nitrogens with one attached hydrogen (secondary N) is 1. The van der Waals surface area contributed by atoms with E-state index in [1.54, 1.807) is 6.20 Å². The summed E-state index contributed by atoms with van der Waals surface area (Å²) in [6, 6.07) is 9.86. The van der Waals surface area contributed by atoms with Crippen LogP contribution in [-0.4, -0.2) is 35.5 Å². The molecule has 1 aromatic carbocycles. The molecule has 1 aliphatic heterocycles. The van der Waals surface area contributed by atoms with Gasteiger partial charge in [0.05, 0.1) is 5.69 Å². The summed E-state index contributed by atoms with van der Waals surface area (Å²) in [5.74, 6) is 0.816. The minimum atomic E-state index is 0.0677. The molecule has 1 aliphatic rings. The number of hydrogen-bond acceptors (Lipinski definition) is 4. The van der Waals surface area contributed by atoms with Crippen molar-refractivity contribution >= 4 is 11.6 Å². The molecule has 1 amide bonds. The maximum absolute atomic E-state index is 12.1. The van der Waals surface area contributed by atoms with Crippen LogP contribution in [0.15, 0.2) is 42.7 Å². The number of nitrogens with zero attached hydrogens (tertiary/aromatic N) is 2. The molecule has 2 heterocycles. The van der Waals surface area contributed by atoms with Crippen LogP contribution in [0.4, 0.5) is 5.69 Å². The third-order valence-electron chi connectivity index (χ3n) is 4.14. The first-order valence-electron chi connectivity index (χ1n) is 8.36. The Morgan fingerprint density at radius 1 is 1.25 bits per heavy atom. The summed E-state index contributed by atoms with van der Waals surface area (Å²) in [6.45, 7) is 4.44. The van der Waals surface area contributed by atoms with E-state index < -0.39 is 0 Å². The standard InChI is InChI=1S/C19H23N3O2/c1-15-10-17(13-20-11-15)21-12-16-6-2-3-7-18(16)24-14-19(23)22-8-4-5-9-22/h2-3,6-7,10-11,13,21H,4-5,8-9,12,14H2,1H3. The smallest absolute Gasteiger partial charge is 0.260 e. The molecule has 126 valence electrons. The van der Waals surface area contributed by atoms with E-state index >= 15 is 0 Å². The fourth-order valence-electron chi connectivity index (χ4n) is 2.84. The lowest BCUT2D eigenvalue weighted by atomic mass is 10.2. The summed E-state index contributed by atoms with van der Waals surface area (Å²) < 4.78 is 5.78. The molecule has 24 heavy (non-hydrogen) atoms. The van der Waals surface area contributed by atoms with Crippen molar-refractivity contribution in [1.82, 2.24) is 9.88 Å². The first kappa shape index (κ1) is 16.3. The van der Waals surface area contributed by atoms with Crippen molar-refractivity contribution in [1.29, 1.82) is 0 Å². The molecule has 0 bridgehead atoms. The quantitative estimate of drug-likeness (QED) is 0.887. The summed E-state index contributed by atoms with van der Waals surface area (Å²) in [7, 11) is 0. The Hall–Kier alpha value is -2.56. The van der Waals surface area contributed by atoms with Crippen LogP contribution < -0.4 is 10.1 Å². The van der Waals surface area contributed by atoms with E-state index in [1.165, 1.54) is 0 Å². The summed E-state index contributed by atoms with van der Waals surface area (Å²) in [4.78, 5) is 18.2. The lowest BCUT2D eigenvalue weighted by molar-refractivity contribution is -0.132. The molecule has 0 aliphatic carbocycles. The molecule has 1 N–H and O–H groups in total. The van der Waals surface area contributed by atoms with Crippen molar-refractivity contribution in [2.24, 2.45) is 0 Å². The number of para-hydroxylation sites is 1. The maximum atomic E-state index is 12.1. The van der Waals surface area contributed by atoms with Gasteiger partial charge < -0.3 is 15.0 Å². The molecular formula is C19H23N3O2. The van der Waals surface area contributed by atoms with Crippen molar-refractivity contribution < 1.29 is 9.53 Å². The van der Waals surface area contributed by atoms with Gasteiger partial charge in [-0.1, -0.05) is 18.2 Å². The average Bonchev–Trinajstić information content (AvgIpc) is 3.13. The molecule has 2 aromatic rings. The number of anilines is 1. The Morgan fingerprint density at radius 2 is 2.04 bits per heavy atom. The van der Waals surface area contributed by atoms with Gasteiger partial charge in [-0.3, -0.25) is 9.78 Å². The highest BCUT2D eigenvalue weighted by atomic mass is 16.5. The highest BCUT2D eigenvalue weighted by Gasteiger charge is 2.18. The van der Waals surface area contributed by atoms with Crippen molar-refractivity contribution in [2.75, 3.05) is 25.0 Å². The SMILES string of the molecule is Cc1cncc(NCc2ccccc2OCC(=O)N2CCCC2)c1. The monoisotopic (exact) mass is 325 g/mol. The van der Waals surface area contributed by atoms with Gasteiger partial charge in [0.1, 0.15) is 5.75 Å². The number of likely N-dealkylation sites (tertiary alicyclic amines) is 1. The Kier molecular flexibility index (Phi) is 5.31. The first-order chi connectivity index (χ1) is 11.7. The predicted molar refractivity (Wildman–Crippen MR) is 94.1 cm³/mol. The molecule has 0 atom stereocenters. The minimum Gasteiger partial charge on any atom is -0.483 e. The molecule has 5 heteroatoms. The van der Waals surface area contributed by atoms with Crippen molar-refractivity contribution in [3.05, 3.63) is 53.9 Å². The molecule has 1 saturated heterocycles. The fraction of sp³-hybridized carbons (Fsp3) is 0.368. The van der Waals surface area contributed by atoms with E-state index in [4.69, 9.17) is 4.74 Å². The number of benzene rings is 1. The number of pyridine rings is 1. The number of amides is 1. The molecule has 0 radical (unpaired) electrons. The van der Waals surface area contributed by atoms with Crippen LogP contribution in [0.25, 0.3) is 0 Å². The second-order valence-corrected chi connectivity index (χ2v) is 6.09. The van der Waals surface area contributed by atoms with E-state index in [1.807, 2.05) is 48.4 Å². The van der Waals surface area contributed by atoms with Crippen LogP contribution in [0.5, 0.6) is 5.75 Å². The lowest BCUT2D eigenvalue weighted by Gasteiger charge is -2.17. The number of rotatable bonds is 6. The zero-order valence-electron chi connectivity index (χ0n) is 14.0. The zero-order chi connectivity index (χ0) is 16.8. The molecular weight excluding hydrogens is 302 g/mol. The number of carbonyl (C=O) groups excluding carboxylic acids is 1. The van der Waals surface area contributed by atoms with Crippen LogP contribution in [0.1, 0.15) is 24.0 Å². The van der Waals surface area contributed by atoms with E-state index in [0.717, 1.165) is 48.5 Å². The molecule has 3 rings (SSSR count). The minimum absolute atomic E-state index is 0.0677. The maximum Gasteiger partial charge on any atom is 0.260 e. The Morgan fingerprint density at radius 3 is 2.83 bits per heavy atom. The summed E-state index contributed by atoms with van der Waals surface area (Å²) in [5, 5.41) is 3.35. The second-order valence-electron chi connectivity index (χ2n) is 6.09. The van der Waals surface area contributed by atoms with Crippen LogP contribution in [0.2, 0.25) is 0 Å². The summed E-state index contributed by atoms with van der Waals surface area (Å²) in [5.41, 5.74) is 3.10. The van der Waals surface area contributed by atoms with Crippen molar-refractivity contribution in [2.45, 2.75) is 26.3 Å². The van der Waals surface area contributed by atoms with Gasteiger partial charge in [-0.15, -0.1) is 0 Å². The van der Waals surface area contributed by atoms with Crippen LogP contribution in [0, 0.1) is 6.92 Å². The third kappa shape index (κ3) is 4.25. The third-order valence-corrected chi connectivity index (χ3v) is 4.14. The van der Waals surface area contributed by atoms with Gasteiger partial charge in [0, 0.05) is 37.6 Å². The average molecular weight is 325 g/mol. The number of hydrogen-bond donors (Lipinski definition) is 1. The predicted octanol–water partition coefficient (Wildman–Crippen LogP) is 3.00. The molecule has 0 spiro atoms. The molecule has 1 fully saturated rings. The normalized spacial score (nSPS) is 13.8. The topological polar surface area (TPSA) is 54.5 Å². The summed E-state index contributed by atoms with van der Waals surface area (Å²) in [6.07, 6.45) is 5.81. The number of ether oxygens (including phenoxy) is 1. The lowest BCUT2D eigenvalue weighted by Crippen LogP contribution is -2.32. The number of carbonyl (C=O) groups is 1. The first-order valence-corrected chi connectivity index (χ1v) is 8.36. The van der Waals surface area contributed by atoms with Gasteiger partial charge in [0.15, 0.2) is 6.61 Å². The Labute approximate surface area is 142 Å².